The molecule has 1 heterocycles. The van der Waals surface area contributed by atoms with Gasteiger partial charge in [-0.25, -0.2) is 0 Å². The van der Waals surface area contributed by atoms with Crippen LogP contribution in [0, 0.1) is 5.92 Å². The highest BCUT2D eigenvalue weighted by molar-refractivity contribution is 7.13. The van der Waals surface area contributed by atoms with Gasteiger partial charge in [0, 0.05) is 15.6 Å². The third-order valence-corrected chi connectivity index (χ3v) is 5.74. The predicted octanol–water partition coefficient (Wildman–Crippen LogP) is 6.25. The van der Waals surface area contributed by atoms with E-state index in [9.17, 15) is 0 Å². The van der Waals surface area contributed by atoms with Crippen molar-refractivity contribution in [2.24, 2.45) is 5.92 Å². The van der Waals surface area contributed by atoms with E-state index in [1.165, 1.54) is 47.4 Å². The fraction of sp³-hybridized carbons (Fsp3) is 0.647. The van der Waals surface area contributed by atoms with E-state index in [1.54, 1.807) is 0 Å². The first-order chi connectivity index (χ1) is 9.00. The van der Waals surface area contributed by atoms with Gasteiger partial charge >= 0.3 is 0 Å². The number of hydrogen-bond acceptors (Lipinski definition) is 1. The third kappa shape index (κ3) is 4.10. The van der Waals surface area contributed by atoms with Gasteiger partial charge in [0.1, 0.15) is 0 Å². The summed E-state index contributed by atoms with van der Waals surface area (Å²) in [5.74, 6) is 1.42. The van der Waals surface area contributed by atoms with Crippen LogP contribution in [0.3, 0.4) is 0 Å². The molecule has 1 saturated carbocycles. The van der Waals surface area contributed by atoms with Crippen molar-refractivity contribution in [3.05, 3.63) is 27.5 Å². The highest BCUT2D eigenvalue weighted by Gasteiger charge is 2.19. The van der Waals surface area contributed by atoms with Crippen molar-refractivity contribution in [3.8, 4) is 0 Å². The molecule has 0 aliphatic heterocycles. The molecule has 1 fully saturated rings. The van der Waals surface area contributed by atoms with E-state index in [2.05, 4.69) is 39.0 Å². The van der Waals surface area contributed by atoms with E-state index in [0.717, 1.165) is 5.92 Å². The van der Waals surface area contributed by atoms with Gasteiger partial charge in [-0.15, -0.1) is 22.9 Å². The van der Waals surface area contributed by atoms with Crippen LogP contribution >= 0.6 is 22.9 Å². The summed E-state index contributed by atoms with van der Waals surface area (Å²) in [6.07, 6.45) is 9.15. The molecule has 0 spiro atoms. The fourth-order valence-corrected chi connectivity index (χ4v) is 4.09. The number of thiophene rings is 1. The maximum absolute atomic E-state index is 6.18. The van der Waals surface area contributed by atoms with E-state index in [4.69, 9.17) is 11.6 Å². The Balaban J connectivity index is 2.15. The average Bonchev–Trinajstić information content (AvgIpc) is 2.85. The van der Waals surface area contributed by atoms with Crippen molar-refractivity contribution in [1.29, 1.82) is 0 Å². The molecule has 0 radical (unpaired) electrons. The molecule has 0 atom stereocenters. The Hall–Kier alpha value is -0.270. The zero-order valence-electron chi connectivity index (χ0n) is 12.3. The number of rotatable bonds is 3. The van der Waals surface area contributed by atoms with E-state index in [-0.39, 0.29) is 5.41 Å². The van der Waals surface area contributed by atoms with E-state index < -0.39 is 0 Å². The van der Waals surface area contributed by atoms with Crippen LogP contribution in [0.5, 0.6) is 0 Å². The van der Waals surface area contributed by atoms with Gasteiger partial charge in [0.2, 0.25) is 0 Å². The second-order valence-corrected chi connectivity index (χ2v) is 8.02. The highest BCUT2D eigenvalue weighted by atomic mass is 35.5. The topological polar surface area (TPSA) is 0 Å². The van der Waals surface area contributed by atoms with E-state index >= 15 is 0 Å². The summed E-state index contributed by atoms with van der Waals surface area (Å²) >= 11 is 8.10. The van der Waals surface area contributed by atoms with Gasteiger partial charge in [0.15, 0.2) is 0 Å². The minimum atomic E-state index is 0.253. The summed E-state index contributed by atoms with van der Waals surface area (Å²) < 4.78 is 0. The molecule has 1 aromatic rings. The Morgan fingerprint density at radius 2 is 1.95 bits per heavy atom. The molecule has 0 N–H and O–H groups in total. The van der Waals surface area contributed by atoms with Crippen molar-refractivity contribution in [2.45, 2.75) is 58.3 Å². The Bertz CT molecular complexity index is 430. The molecule has 0 aromatic carbocycles. The maximum Gasteiger partial charge on any atom is 0.0439 e. The van der Waals surface area contributed by atoms with Crippen LogP contribution < -0.4 is 0 Å². The molecule has 1 aliphatic rings. The summed E-state index contributed by atoms with van der Waals surface area (Å²) in [6, 6.07) is 4.52. The van der Waals surface area contributed by atoms with Crippen LogP contribution in [-0.4, -0.2) is 5.88 Å². The Labute approximate surface area is 126 Å². The summed E-state index contributed by atoms with van der Waals surface area (Å²) in [5.41, 5.74) is 1.70. The molecule has 0 saturated heterocycles. The van der Waals surface area contributed by atoms with E-state index in [0.29, 0.717) is 5.88 Å². The third-order valence-electron chi connectivity index (χ3n) is 3.98. The smallest absolute Gasteiger partial charge is 0.0439 e. The zero-order valence-corrected chi connectivity index (χ0v) is 13.9. The van der Waals surface area contributed by atoms with Crippen molar-refractivity contribution >= 4 is 29.0 Å². The molecular weight excluding hydrogens is 272 g/mol. The number of halogens is 1. The van der Waals surface area contributed by atoms with Crippen molar-refractivity contribution < 1.29 is 0 Å². The Morgan fingerprint density at radius 1 is 1.26 bits per heavy atom. The SMILES string of the molecule is CC(C)(C)c1ccc(/C=C(/CCl)C2CCCCC2)s1. The molecule has 0 nitrogen and oxygen atoms in total. The molecule has 1 aromatic heterocycles. The van der Waals surface area contributed by atoms with Crippen LogP contribution in [0.25, 0.3) is 6.08 Å². The number of alkyl halides is 1. The van der Waals surface area contributed by atoms with Gasteiger partial charge in [0.25, 0.3) is 0 Å². The van der Waals surface area contributed by atoms with Crippen LogP contribution in [-0.2, 0) is 5.41 Å². The highest BCUT2D eigenvalue weighted by Crippen LogP contribution is 2.34. The van der Waals surface area contributed by atoms with Gasteiger partial charge in [-0.3, -0.25) is 0 Å². The average molecular weight is 297 g/mol. The molecule has 0 unspecified atom stereocenters. The lowest BCUT2D eigenvalue weighted by molar-refractivity contribution is 0.405. The molecule has 19 heavy (non-hydrogen) atoms. The molecule has 1 aliphatic carbocycles. The van der Waals surface area contributed by atoms with Crippen molar-refractivity contribution in [1.82, 2.24) is 0 Å². The molecule has 0 amide bonds. The lowest BCUT2D eigenvalue weighted by Crippen LogP contribution is -2.10. The van der Waals surface area contributed by atoms with Crippen LogP contribution in [0.1, 0.15) is 62.6 Å². The first kappa shape index (κ1) is 15.1. The normalized spacial score (nSPS) is 18.8. The second kappa shape index (κ2) is 6.45. The molecular formula is C17H25ClS. The minimum Gasteiger partial charge on any atom is -0.140 e. The fourth-order valence-electron chi connectivity index (χ4n) is 2.76. The Kier molecular flexibility index (Phi) is 5.14. The standard InChI is InChI=1S/C17H25ClS/c1-17(2,3)16-10-9-15(19-16)11-14(12-18)13-7-5-4-6-8-13/h9-11,13H,4-8,12H2,1-3H3/b14-11-. The van der Waals surface area contributed by atoms with Crippen LogP contribution in [0.4, 0.5) is 0 Å². The van der Waals surface area contributed by atoms with Crippen molar-refractivity contribution in [3.63, 3.8) is 0 Å². The minimum absolute atomic E-state index is 0.253. The summed E-state index contributed by atoms with van der Waals surface area (Å²) in [7, 11) is 0. The summed E-state index contributed by atoms with van der Waals surface area (Å²) in [6.45, 7) is 6.82. The monoisotopic (exact) mass is 296 g/mol. The van der Waals surface area contributed by atoms with Gasteiger partial charge in [-0.2, -0.15) is 0 Å². The second-order valence-electron chi connectivity index (χ2n) is 6.64. The largest absolute Gasteiger partial charge is 0.140 e. The summed E-state index contributed by atoms with van der Waals surface area (Å²) in [5, 5.41) is 0. The van der Waals surface area contributed by atoms with E-state index in [1.807, 2.05) is 11.3 Å². The number of allylic oxidation sites excluding steroid dienone is 1. The first-order valence-corrected chi connectivity index (χ1v) is 8.72. The molecule has 106 valence electrons. The molecule has 2 rings (SSSR count). The predicted molar refractivity (Wildman–Crippen MR) is 88.3 cm³/mol. The molecule has 2 heteroatoms. The lowest BCUT2D eigenvalue weighted by atomic mass is 9.84. The number of hydrogen-bond donors (Lipinski definition) is 0. The van der Waals surface area contributed by atoms with Crippen LogP contribution in [0.2, 0.25) is 0 Å². The quantitative estimate of drug-likeness (QED) is 0.578. The zero-order chi connectivity index (χ0) is 13.9. The van der Waals surface area contributed by atoms with Gasteiger partial charge in [0.05, 0.1) is 0 Å². The van der Waals surface area contributed by atoms with Gasteiger partial charge in [-0.05, 0) is 42.4 Å². The van der Waals surface area contributed by atoms with Gasteiger partial charge in [-0.1, -0.05) is 45.6 Å². The Morgan fingerprint density at radius 3 is 2.47 bits per heavy atom. The summed E-state index contributed by atoms with van der Waals surface area (Å²) in [4.78, 5) is 2.82. The molecule has 0 bridgehead atoms. The van der Waals surface area contributed by atoms with Gasteiger partial charge < -0.3 is 0 Å². The maximum atomic E-state index is 6.18. The first-order valence-electron chi connectivity index (χ1n) is 7.37. The lowest BCUT2D eigenvalue weighted by Gasteiger charge is -2.23. The van der Waals surface area contributed by atoms with Crippen molar-refractivity contribution in [2.75, 3.05) is 5.88 Å². The van der Waals surface area contributed by atoms with Crippen LogP contribution in [0.15, 0.2) is 17.7 Å².